The minimum absolute atomic E-state index is 0.0371. The van der Waals surface area contributed by atoms with Gasteiger partial charge in [-0.1, -0.05) is 22.5 Å². The number of nitrogens with zero attached hydrogens (tertiary/aromatic N) is 6. The molecule has 2 unspecified atom stereocenters. The number of hydrogen-bond acceptors (Lipinski definition) is 7. The predicted molar refractivity (Wildman–Crippen MR) is 137 cm³/mol. The van der Waals surface area contributed by atoms with Crippen molar-refractivity contribution in [2.24, 2.45) is 0 Å². The molecule has 0 spiro atoms. The minimum Gasteiger partial charge on any atom is -0.507 e. The van der Waals surface area contributed by atoms with Gasteiger partial charge in [-0.15, -0.1) is 5.10 Å². The number of ether oxygens (including phenoxy) is 1. The van der Waals surface area contributed by atoms with E-state index in [4.69, 9.17) is 21.6 Å². The van der Waals surface area contributed by atoms with Crippen LogP contribution in [0.4, 0.5) is 9.18 Å². The van der Waals surface area contributed by atoms with E-state index in [1.54, 1.807) is 11.9 Å². The Morgan fingerprint density at radius 2 is 2.11 bits per heavy atom. The highest BCUT2D eigenvalue weighted by Crippen LogP contribution is 2.50. The summed E-state index contributed by atoms with van der Waals surface area (Å²) in [7, 11) is 1.72. The molecule has 1 N–H and O–H groups in total. The highest BCUT2D eigenvalue weighted by atomic mass is 35.5. The number of aromatic hydroxyl groups is 1. The molecule has 1 saturated heterocycles. The zero-order valence-electron chi connectivity index (χ0n) is 20.8. The molecule has 2 aliphatic heterocycles. The number of carbonyl (C=O) groups excluding carboxylic acids is 1. The number of halogens is 2. The second-order valence-corrected chi connectivity index (χ2v) is 10.5. The van der Waals surface area contributed by atoms with Crippen LogP contribution in [0.5, 0.6) is 11.5 Å². The molecule has 3 heterocycles. The molecule has 2 atom stereocenters. The van der Waals surface area contributed by atoms with Crippen molar-refractivity contribution in [2.75, 3.05) is 20.2 Å². The van der Waals surface area contributed by atoms with Crippen LogP contribution < -0.4 is 4.74 Å². The van der Waals surface area contributed by atoms with E-state index in [1.807, 2.05) is 6.07 Å². The first kappa shape index (κ1) is 24.6. The highest BCUT2D eigenvalue weighted by molar-refractivity contribution is 6.35. The average molecular weight is 537 g/mol. The molecule has 3 aromatic rings. The standard InChI is InChI=1S/C27H26ClFN6O3/c1-33(27(37)35-31-12-15(11-30)32-35)16-8-9-34-13-20-18-4-2-5-19(18)23(24-21(29)6-3-7-22(24)36)25(28)26(20)38-14-17(34)10-16/h3,6-7,12,16-17,36H,2,4-5,8-10,13-14H2,1H3. The average Bonchev–Trinajstić information content (AvgIpc) is 3.56. The van der Waals surface area contributed by atoms with Gasteiger partial charge >= 0.3 is 6.03 Å². The van der Waals surface area contributed by atoms with Gasteiger partial charge < -0.3 is 14.7 Å². The molecule has 38 heavy (non-hydrogen) atoms. The number of piperidine rings is 1. The number of amides is 1. The molecule has 1 amide bonds. The maximum absolute atomic E-state index is 14.9. The molecular formula is C27H26ClFN6O3. The largest absolute Gasteiger partial charge is 0.507 e. The Hall–Kier alpha value is -3.68. The number of phenols is 1. The van der Waals surface area contributed by atoms with Crippen LogP contribution in [0.15, 0.2) is 24.4 Å². The Morgan fingerprint density at radius 3 is 2.87 bits per heavy atom. The number of carbonyl (C=O) groups is 1. The van der Waals surface area contributed by atoms with Crippen molar-refractivity contribution in [1.82, 2.24) is 24.8 Å². The fourth-order valence-corrected chi connectivity index (χ4v) is 6.48. The molecule has 3 aliphatic rings. The van der Waals surface area contributed by atoms with E-state index in [-0.39, 0.29) is 29.1 Å². The first-order valence-corrected chi connectivity index (χ1v) is 13.1. The fraction of sp³-hybridized carbons (Fsp3) is 0.407. The van der Waals surface area contributed by atoms with Gasteiger partial charge in [-0.2, -0.15) is 10.4 Å². The summed E-state index contributed by atoms with van der Waals surface area (Å²) < 4.78 is 21.3. The molecule has 2 aromatic carbocycles. The first-order valence-electron chi connectivity index (χ1n) is 12.7. The maximum Gasteiger partial charge on any atom is 0.362 e. The Kier molecular flexibility index (Phi) is 6.20. The van der Waals surface area contributed by atoms with Gasteiger partial charge in [0.2, 0.25) is 0 Å². The number of fused-ring (bicyclic) bond motifs is 4. The maximum atomic E-state index is 14.9. The van der Waals surface area contributed by atoms with E-state index >= 15 is 0 Å². The van der Waals surface area contributed by atoms with Gasteiger partial charge in [-0.25, -0.2) is 9.18 Å². The summed E-state index contributed by atoms with van der Waals surface area (Å²) in [5.41, 5.74) is 3.90. The Balaban J connectivity index is 1.29. The summed E-state index contributed by atoms with van der Waals surface area (Å²) in [6.07, 6.45) is 5.25. The van der Waals surface area contributed by atoms with Crippen molar-refractivity contribution in [3.8, 4) is 28.7 Å². The quantitative estimate of drug-likeness (QED) is 0.524. The van der Waals surface area contributed by atoms with Gasteiger partial charge in [-0.05, 0) is 55.4 Å². The summed E-state index contributed by atoms with van der Waals surface area (Å²) in [6.45, 7) is 1.78. The summed E-state index contributed by atoms with van der Waals surface area (Å²) in [6, 6.07) is 5.75. The summed E-state index contributed by atoms with van der Waals surface area (Å²) in [4.78, 5) is 17.9. The summed E-state index contributed by atoms with van der Waals surface area (Å²) in [5, 5.41) is 27.7. The molecular weight excluding hydrogens is 511 g/mol. The topological polar surface area (TPSA) is 108 Å². The van der Waals surface area contributed by atoms with Crippen LogP contribution in [0.3, 0.4) is 0 Å². The van der Waals surface area contributed by atoms with E-state index in [1.165, 1.54) is 24.4 Å². The lowest BCUT2D eigenvalue weighted by molar-refractivity contribution is 0.0633. The Labute approximate surface area is 224 Å². The number of rotatable bonds is 2. The molecule has 6 rings (SSSR count). The third-order valence-electron chi connectivity index (χ3n) is 8.04. The number of phenolic OH excluding ortho intramolecular Hbond substituents is 1. The van der Waals surface area contributed by atoms with Crippen LogP contribution in [0.1, 0.15) is 41.6 Å². The van der Waals surface area contributed by atoms with Crippen LogP contribution >= 0.6 is 11.6 Å². The van der Waals surface area contributed by atoms with Crippen molar-refractivity contribution in [3.05, 3.63) is 57.6 Å². The monoisotopic (exact) mass is 536 g/mol. The van der Waals surface area contributed by atoms with Gasteiger partial charge in [0.15, 0.2) is 5.69 Å². The Morgan fingerprint density at radius 1 is 1.29 bits per heavy atom. The van der Waals surface area contributed by atoms with Crippen LogP contribution in [0, 0.1) is 17.1 Å². The second-order valence-electron chi connectivity index (χ2n) is 10.1. The minimum atomic E-state index is -0.518. The number of hydrogen-bond donors (Lipinski definition) is 1. The highest BCUT2D eigenvalue weighted by Gasteiger charge is 2.38. The number of benzene rings is 2. The molecule has 1 aliphatic carbocycles. The smallest absolute Gasteiger partial charge is 0.362 e. The molecule has 0 bridgehead atoms. The normalized spacial score (nSPS) is 20.5. The molecule has 0 saturated carbocycles. The predicted octanol–water partition coefficient (Wildman–Crippen LogP) is 4.13. The first-order chi connectivity index (χ1) is 18.4. The SMILES string of the molecule is CN(C(=O)n1ncc(C#N)n1)C1CCN2Cc3c4c(c(-c5c(O)cccc5F)c(Cl)c3OCC2C1)CCC4. The second kappa shape index (κ2) is 9.57. The van der Waals surface area contributed by atoms with Gasteiger partial charge in [0.25, 0.3) is 0 Å². The lowest BCUT2D eigenvalue weighted by Crippen LogP contribution is -2.52. The molecule has 11 heteroatoms. The third kappa shape index (κ3) is 3.97. The van der Waals surface area contributed by atoms with E-state index in [0.717, 1.165) is 53.7 Å². The van der Waals surface area contributed by atoms with Gasteiger partial charge in [0, 0.05) is 43.3 Å². The van der Waals surface area contributed by atoms with Gasteiger partial charge in [-0.3, -0.25) is 4.90 Å². The van der Waals surface area contributed by atoms with Crippen LogP contribution in [0.25, 0.3) is 11.1 Å². The van der Waals surface area contributed by atoms with Crippen LogP contribution in [-0.4, -0.2) is 68.2 Å². The third-order valence-corrected chi connectivity index (χ3v) is 8.40. The lowest BCUT2D eigenvalue weighted by Gasteiger charge is -2.40. The summed E-state index contributed by atoms with van der Waals surface area (Å²) >= 11 is 6.95. The van der Waals surface area contributed by atoms with Crippen LogP contribution in [0.2, 0.25) is 5.02 Å². The van der Waals surface area contributed by atoms with Crippen molar-refractivity contribution in [3.63, 3.8) is 0 Å². The zero-order valence-corrected chi connectivity index (χ0v) is 21.6. The van der Waals surface area contributed by atoms with Crippen molar-refractivity contribution < 1.29 is 19.0 Å². The zero-order chi connectivity index (χ0) is 26.6. The van der Waals surface area contributed by atoms with E-state index in [2.05, 4.69) is 15.1 Å². The molecule has 0 radical (unpaired) electrons. The van der Waals surface area contributed by atoms with E-state index in [9.17, 15) is 14.3 Å². The number of aromatic nitrogens is 3. The Bertz CT molecular complexity index is 1460. The van der Waals surface area contributed by atoms with Gasteiger partial charge in [0.05, 0.1) is 16.8 Å². The van der Waals surface area contributed by atoms with Gasteiger partial charge in [0.1, 0.15) is 30.0 Å². The van der Waals surface area contributed by atoms with Crippen molar-refractivity contribution >= 4 is 17.6 Å². The molecule has 196 valence electrons. The van der Waals surface area contributed by atoms with E-state index < -0.39 is 11.8 Å². The lowest BCUT2D eigenvalue weighted by atomic mass is 9.91. The molecule has 9 nitrogen and oxygen atoms in total. The number of nitriles is 1. The molecule has 1 aromatic heterocycles. The van der Waals surface area contributed by atoms with Crippen molar-refractivity contribution in [1.29, 1.82) is 5.26 Å². The van der Waals surface area contributed by atoms with Crippen molar-refractivity contribution in [2.45, 2.75) is 50.7 Å². The summed E-state index contributed by atoms with van der Waals surface area (Å²) in [5.74, 6) is -0.0997. The van der Waals surface area contributed by atoms with Crippen LogP contribution in [-0.2, 0) is 19.4 Å². The fourth-order valence-electron chi connectivity index (χ4n) is 6.10. The molecule has 1 fully saturated rings. The van der Waals surface area contributed by atoms with E-state index in [0.29, 0.717) is 35.9 Å².